The molecule has 0 bridgehead atoms. The van der Waals surface area contributed by atoms with Gasteiger partial charge in [-0.05, 0) is 66.6 Å². The predicted molar refractivity (Wildman–Crippen MR) is 310 cm³/mol. The van der Waals surface area contributed by atoms with Crippen LogP contribution in [0.15, 0.2) is 91.0 Å². The highest BCUT2D eigenvalue weighted by Crippen LogP contribution is 2.43. The van der Waals surface area contributed by atoms with Crippen LogP contribution in [-0.4, -0.2) is 282 Å². The summed E-state index contributed by atoms with van der Waals surface area (Å²) in [4.78, 5) is 81.0. The molecule has 0 spiro atoms. The van der Waals surface area contributed by atoms with Gasteiger partial charge >= 0.3 is 29.8 Å². The summed E-state index contributed by atoms with van der Waals surface area (Å²) in [5.74, 6) is -11.0. The first-order valence-electron chi connectivity index (χ1n) is 29.8. The zero-order valence-corrected chi connectivity index (χ0v) is 51.0. The molecule has 5 heterocycles. The van der Waals surface area contributed by atoms with Crippen molar-refractivity contribution in [3.05, 3.63) is 108 Å². The number of benzene rings is 3. The molecule has 5 aliphatic rings. The van der Waals surface area contributed by atoms with Crippen molar-refractivity contribution in [3.63, 3.8) is 0 Å². The predicted octanol–water partition coefficient (Wildman–Crippen LogP) is -3.74. The Balaban J connectivity index is 1.32. The zero-order valence-electron chi connectivity index (χ0n) is 51.0. The number of phenols is 2. The molecule has 8 rings (SSSR count). The van der Waals surface area contributed by atoms with E-state index in [1.165, 1.54) is 84.9 Å². The molecule has 5 aliphatic heterocycles. The van der Waals surface area contributed by atoms with Crippen LogP contribution in [-0.2, 0) is 90.3 Å². The molecule has 0 aromatic heterocycles. The molecule has 0 unspecified atom stereocenters. The lowest BCUT2D eigenvalue weighted by Crippen LogP contribution is -2.69. The summed E-state index contributed by atoms with van der Waals surface area (Å²) < 4.78 is 85.1. The highest BCUT2D eigenvalue weighted by molar-refractivity contribution is 5.90. The molecule has 0 aliphatic carbocycles. The summed E-state index contributed by atoms with van der Waals surface area (Å²) in [6.07, 6.45) is -43.2. The van der Waals surface area contributed by atoms with Crippen LogP contribution in [0.3, 0.4) is 0 Å². The maximum atomic E-state index is 14.4. The molecule has 95 heavy (non-hydrogen) atoms. The number of ether oxygens (including phenoxy) is 14. The van der Waals surface area contributed by atoms with Crippen LogP contribution in [0.1, 0.15) is 48.7 Å². The molecular formula is C62H76O33. The van der Waals surface area contributed by atoms with Gasteiger partial charge in [0, 0.05) is 38.3 Å². The second kappa shape index (κ2) is 33.3. The molecule has 0 radical (unpaired) electrons. The summed E-state index contributed by atoms with van der Waals surface area (Å²) in [5.41, 5.74) is 0.511. The number of carbonyl (C=O) groups is 6. The van der Waals surface area contributed by atoms with E-state index in [9.17, 15) is 95.2 Å². The minimum absolute atomic E-state index is 0.113. The maximum Gasteiger partial charge on any atom is 0.338 e. The van der Waals surface area contributed by atoms with Gasteiger partial charge in [-0.25, -0.2) is 14.4 Å². The first-order chi connectivity index (χ1) is 45.2. The van der Waals surface area contributed by atoms with Crippen molar-refractivity contribution in [1.82, 2.24) is 0 Å². The Labute approximate surface area is 540 Å². The summed E-state index contributed by atoms with van der Waals surface area (Å²) >= 11 is 0. The van der Waals surface area contributed by atoms with Crippen LogP contribution in [0.2, 0.25) is 0 Å². The topological polar surface area (TPSA) is 495 Å². The van der Waals surface area contributed by atoms with Gasteiger partial charge in [0.2, 0.25) is 5.79 Å². The number of carbonyl (C=O) groups excluding carboxylic acids is 6. The summed E-state index contributed by atoms with van der Waals surface area (Å²) in [6.45, 7) is -3.16. The van der Waals surface area contributed by atoms with E-state index in [4.69, 9.17) is 66.3 Å². The van der Waals surface area contributed by atoms with Gasteiger partial charge in [0.1, 0.15) is 129 Å². The van der Waals surface area contributed by atoms with E-state index in [-0.39, 0.29) is 17.1 Å². The Hall–Kier alpha value is -7.04. The quantitative estimate of drug-likeness (QED) is 0.0209. The first kappa shape index (κ1) is 73.8. The van der Waals surface area contributed by atoms with Crippen molar-refractivity contribution < 1.29 is 161 Å². The second-order valence-corrected chi connectivity index (χ2v) is 22.8. The lowest BCUT2D eigenvalue weighted by atomic mass is 9.84. The molecule has 33 heteroatoms. The number of ketones is 1. The molecule has 33 nitrogen and oxygen atoms in total. The summed E-state index contributed by atoms with van der Waals surface area (Å²) in [5, 5.41) is 143. The summed E-state index contributed by atoms with van der Waals surface area (Å²) in [6, 6.07) is 17.9. The van der Waals surface area contributed by atoms with E-state index >= 15 is 0 Å². The van der Waals surface area contributed by atoms with E-state index in [2.05, 4.69) is 0 Å². The number of hydrogen-bond acceptors (Lipinski definition) is 33. The molecule has 3 aromatic rings. The van der Waals surface area contributed by atoms with Crippen molar-refractivity contribution in [3.8, 4) is 11.5 Å². The Morgan fingerprint density at radius 2 is 0.947 bits per heavy atom. The third kappa shape index (κ3) is 18.3. The Bertz CT molecular complexity index is 3090. The fourth-order valence-electron chi connectivity index (χ4n) is 11.0. The fraction of sp³-hybridized carbons (Fsp3) is 0.548. The molecule has 5 fully saturated rings. The molecule has 0 saturated carbocycles. The number of phenolic OH excluding ortho intramolecular Hbond substituents is 2. The van der Waals surface area contributed by atoms with Gasteiger partial charge in [0.05, 0.1) is 31.5 Å². The number of aromatic hydroxyl groups is 2. The van der Waals surface area contributed by atoms with Crippen LogP contribution >= 0.6 is 0 Å². The van der Waals surface area contributed by atoms with Crippen LogP contribution in [0.25, 0.3) is 12.2 Å². The highest BCUT2D eigenvalue weighted by Gasteiger charge is 2.64. The Morgan fingerprint density at radius 1 is 0.474 bits per heavy atom. The number of esters is 5. The van der Waals surface area contributed by atoms with Gasteiger partial charge in [0.25, 0.3) is 0 Å². The number of hydrogen-bond donors (Lipinski definition) is 13. The number of aliphatic hydroxyl groups is 11. The smallest absolute Gasteiger partial charge is 0.338 e. The van der Waals surface area contributed by atoms with Gasteiger partial charge in [0.15, 0.2) is 37.4 Å². The highest BCUT2D eigenvalue weighted by atomic mass is 16.8. The van der Waals surface area contributed by atoms with E-state index in [0.29, 0.717) is 11.1 Å². The largest absolute Gasteiger partial charge is 0.508 e. The van der Waals surface area contributed by atoms with E-state index in [1.54, 1.807) is 6.07 Å². The third-order valence-electron chi connectivity index (χ3n) is 15.9. The molecule has 522 valence electrons. The molecular weight excluding hydrogens is 1270 g/mol. The molecule has 13 N–H and O–H groups in total. The van der Waals surface area contributed by atoms with E-state index < -0.39 is 228 Å². The normalized spacial score (nSPS) is 35.7. The molecule has 5 saturated heterocycles. The van der Waals surface area contributed by atoms with Crippen LogP contribution in [0.4, 0.5) is 0 Å². The fourth-order valence-corrected chi connectivity index (χ4v) is 11.0. The minimum atomic E-state index is -3.01. The maximum absolute atomic E-state index is 14.4. The van der Waals surface area contributed by atoms with Gasteiger partial charge < -0.3 is 137 Å². The standard InChI is InChI=1S/C62H76O33/c1-28(66)21-36-40(25-82-29(2)67)87-60(51(80)52(36)90-58-49(78)47(76)44(73)37(22-63)85-58)91-54-53(89-43(72)20-14-32-11-17-35(70)18-12-32)41(26-83-30(3)68)88-61(55(54)92-59-50(79)48(77)45(74)38(23-64)86-59)95-62(27-84-42(71)19-13-31-9-15-34(69)16-10-31)56(46(75)39(24-65)94-62)93-57(81)33-7-5-4-6-8-33/h4-20,36-41,44-56,58-61,63-65,69-70,73-80H,21-27H2,1-3H3/b19-13+,20-14+/t36-,37+,38-,39+,40+,41+,44-,45+,46+,47+,48-,49+,50+,51+,52+,53+,54-,55+,56-,58-,59-,60-,61+,62+/m0/s1. The first-order valence-corrected chi connectivity index (χ1v) is 29.8. The molecule has 24 atom stereocenters. The van der Waals surface area contributed by atoms with Crippen molar-refractivity contribution >= 4 is 47.8 Å². The number of aliphatic hydroxyl groups excluding tert-OH is 11. The number of rotatable bonds is 26. The monoisotopic (exact) mass is 1350 g/mol. The van der Waals surface area contributed by atoms with Crippen molar-refractivity contribution in [2.75, 3.05) is 39.6 Å². The van der Waals surface area contributed by atoms with Gasteiger partial charge in [-0.2, -0.15) is 0 Å². The second-order valence-electron chi connectivity index (χ2n) is 22.8. The van der Waals surface area contributed by atoms with E-state index in [1.807, 2.05) is 0 Å². The van der Waals surface area contributed by atoms with Crippen LogP contribution in [0.5, 0.6) is 11.5 Å². The van der Waals surface area contributed by atoms with E-state index in [0.717, 1.165) is 32.9 Å². The average molecular weight is 1350 g/mol. The average Bonchev–Trinajstić information content (AvgIpc) is 1.71. The van der Waals surface area contributed by atoms with Gasteiger partial charge in [-0.15, -0.1) is 0 Å². The molecule has 3 aromatic carbocycles. The van der Waals surface area contributed by atoms with Crippen molar-refractivity contribution in [1.29, 1.82) is 0 Å². The SMILES string of the molecule is CC(=O)C[C@@H]1[C@@H](O[C@@H]2O[C@H](CO)[C@H](O)[C@@H](O)[C@H]2O)[C@@H](O)[C@H](O[C@@H]2[C@@H](O[C@@H]3O[C@@H](CO)[C@@H](O)[C@H](O)[C@H]3O)[C@@H](O[C@@]3(COC(=O)/C=C/c4ccc(O)cc4)O[C@H](CO)[C@@H](O)[C@@H]3OC(=O)c3ccccc3)O[C@H](COC(C)=O)[C@H]2OC(=O)/C=C/c2ccc(O)cc2)O[C@@H]1COC(C)=O. The Morgan fingerprint density at radius 3 is 1.46 bits per heavy atom. The van der Waals surface area contributed by atoms with Crippen LogP contribution < -0.4 is 0 Å². The molecule has 0 amide bonds. The minimum Gasteiger partial charge on any atom is -0.508 e. The van der Waals surface area contributed by atoms with Gasteiger partial charge in [-0.3, -0.25) is 9.59 Å². The lowest BCUT2D eigenvalue weighted by Gasteiger charge is -2.51. The van der Waals surface area contributed by atoms with Crippen molar-refractivity contribution in [2.24, 2.45) is 5.92 Å². The van der Waals surface area contributed by atoms with Crippen molar-refractivity contribution in [2.45, 2.75) is 168 Å². The number of Topliss-reactive ketones (excluding diaryl/α,β-unsaturated/α-hetero) is 1. The third-order valence-corrected chi connectivity index (χ3v) is 15.9. The Kier molecular flexibility index (Phi) is 25.8. The lowest BCUT2D eigenvalue weighted by molar-refractivity contribution is -0.422. The summed E-state index contributed by atoms with van der Waals surface area (Å²) in [7, 11) is 0. The zero-order chi connectivity index (χ0) is 69.0. The van der Waals surface area contributed by atoms with Crippen LogP contribution in [0, 0.1) is 5.92 Å². The van der Waals surface area contributed by atoms with Gasteiger partial charge in [-0.1, -0.05) is 42.5 Å².